The van der Waals surface area contributed by atoms with Crippen molar-refractivity contribution in [2.45, 2.75) is 6.92 Å². The van der Waals surface area contributed by atoms with Crippen LogP contribution in [0.3, 0.4) is 0 Å². The van der Waals surface area contributed by atoms with E-state index in [0.29, 0.717) is 39.4 Å². The van der Waals surface area contributed by atoms with Crippen LogP contribution in [0.2, 0.25) is 0 Å². The molecule has 0 saturated carbocycles. The lowest BCUT2D eigenvalue weighted by Gasteiger charge is -2.12. The highest BCUT2D eigenvalue weighted by atomic mass is 32.2. The maximum absolute atomic E-state index is 12.9. The number of amides is 1. The van der Waals surface area contributed by atoms with Crippen molar-refractivity contribution in [3.8, 4) is 23.8 Å². The molecule has 0 atom stereocenters. The Morgan fingerprint density at radius 2 is 2.03 bits per heavy atom. The number of carbonyl (C=O) groups excluding carboxylic acids is 2. The van der Waals surface area contributed by atoms with Crippen molar-refractivity contribution in [1.82, 2.24) is 4.90 Å². The first-order chi connectivity index (χ1) is 15.5. The number of terminal acetylenes is 1. The summed E-state index contributed by atoms with van der Waals surface area (Å²) in [6, 6.07) is 12.1. The van der Waals surface area contributed by atoms with Crippen LogP contribution in [0.1, 0.15) is 22.8 Å². The van der Waals surface area contributed by atoms with Crippen LogP contribution < -0.4 is 9.47 Å². The van der Waals surface area contributed by atoms with E-state index in [1.807, 2.05) is 13.0 Å². The maximum atomic E-state index is 12.9. The first-order valence-electron chi connectivity index (χ1n) is 9.73. The Hall–Kier alpha value is -3.70. The van der Waals surface area contributed by atoms with Crippen LogP contribution in [0.4, 0.5) is 5.69 Å². The number of aliphatic imine (C=N–C) groups is 1. The molecule has 8 heteroatoms. The van der Waals surface area contributed by atoms with Gasteiger partial charge in [0.25, 0.3) is 5.91 Å². The van der Waals surface area contributed by atoms with Crippen LogP contribution in [0, 0.1) is 12.3 Å². The van der Waals surface area contributed by atoms with Gasteiger partial charge in [-0.2, -0.15) is 0 Å². The number of ether oxygens (including phenoxy) is 3. The molecule has 2 aromatic rings. The number of carbonyl (C=O) groups is 2. The number of hydrogen-bond acceptors (Lipinski definition) is 7. The molecule has 0 radical (unpaired) electrons. The third-order valence-corrected chi connectivity index (χ3v) is 5.50. The largest absolute Gasteiger partial charge is 0.493 e. The number of esters is 1. The van der Waals surface area contributed by atoms with Crippen LogP contribution in [0.5, 0.6) is 11.5 Å². The van der Waals surface area contributed by atoms with E-state index in [1.165, 1.54) is 26.0 Å². The fraction of sp³-hybridized carbons (Fsp3) is 0.208. The standard InChI is InChI=1S/C24H22N2O5S/c1-5-12-31-19-11-10-16(13-20(19)29-3)14-21-22(27)26(6-2)24(32-21)25-18-9-7-8-17(15-18)23(28)30-4/h1,7-11,13-15H,6,12H2,2-4H3. The smallest absolute Gasteiger partial charge is 0.337 e. The summed E-state index contributed by atoms with van der Waals surface area (Å²) in [5.41, 5.74) is 1.72. The van der Waals surface area contributed by atoms with Crippen molar-refractivity contribution in [2.75, 3.05) is 27.4 Å². The molecule has 7 nitrogen and oxygen atoms in total. The fourth-order valence-corrected chi connectivity index (χ4v) is 4.03. The quantitative estimate of drug-likeness (QED) is 0.359. The summed E-state index contributed by atoms with van der Waals surface area (Å²) in [5, 5.41) is 0.534. The summed E-state index contributed by atoms with van der Waals surface area (Å²) in [4.78, 5) is 31.4. The second kappa shape index (κ2) is 10.6. The molecule has 0 N–H and O–H groups in total. The van der Waals surface area contributed by atoms with Gasteiger partial charge in [0.15, 0.2) is 16.7 Å². The average Bonchev–Trinajstić information content (AvgIpc) is 3.11. The molecule has 0 aromatic heterocycles. The van der Waals surface area contributed by atoms with Crippen molar-refractivity contribution >= 4 is 40.6 Å². The second-order valence-corrected chi connectivity index (χ2v) is 7.51. The summed E-state index contributed by atoms with van der Waals surface area (Å²) < 4.78 is 15.6. The third kappa shape index (κ3) is 5.13. The Morgan fingerprint density at radius 1 is 1.22 bits per heavy atom. The number of rotatable bonds is 7. The average molecular weight is 451 g/mol. The lowest BCUT2D eigenvalue weighted by Crippen LogP contribution is -2.28. The molecule has 1 heterocycles. The molecule has 1 amide bonds. The van der Waals surface area contributed by atoms with Crippen molar-refractivity contribution in [3.63, 3.8) is 0 Å². The van der Waals surface area contributed by atoms with Gasteiger partial charge in [0.05, 0.1) is 30.4 Å². The summed E-state index contributed by atoms with van der Waals surface area (Å²) >= 11 is 1.27. The highest BCUT2D eigenvalue weighted by molar-refractivity contribution is 8.18. The molecule has 1 aliphatic rings. The summed E-state index contributed by atoms with van der Waals surface area (Å²) in [6.45, 7) is 2.47. The number of nitrogens with zero attached hydrogens (tertiary/aromatic N) is 2. The Balaban J connectivity index is 1.90. The molecule has 1 aliphatic heterocycles. The van der Waals surface area contributed by atoms with Gasteiger partial charge >= 0.3 is 5.97 Å². The molecule has 1 saturated heterocycles. The van der Waals surface area contributed by atoms with Gasteiger partial charge < -0.3 is 14.2 Å². The van der Waals surface area contributed by atoms with Gasteiger partial charge in [-0.05, 0) is 60.7 Å². The van der Waals surface area contributed by atoms with E-state index in [-0.39, 0.29) is 12.5 Å². The van der Waals surface area contributed by atoms with E-state index in [4.69, 9.17) is 20.6 Å². The van der Waals surface area contributed by atoms with Crippen LogP contribution in [-0.4, -0.2) is 49.3 Å². The number of likely N-dealkylation sites (N-methyl/N-ethyl adjacent to an activating group) is 1. The Kier molecular flexibility index (Phi) is 7.58. The third-order valence-electron chi connectivity index (χ3n) is 4.49. The van der Waals surface area contributed by atoms with Crippen LogP contribution in [-0.2, 0) is 9.53 Å². The zero-order chi connectivity index (χ0) is 23.1. The van der Waals surface area contributed by atoms with E-state index in [9.17, 15) is 9.59 Å². The predicted molar refractivity (Wildman–Crippen MR) is 125 cm³/mol. The zero-order valence-electron chi connectivity index (χ0n) is 18.0. The molecule has 3 rings (SSSR count). The number of methoxy groups -OCH3 is 2. The minimum Gasteiger partial charge on any atom is -0.493 e. The molecule has 164 valence electrons. The van der Waals surface area contributed by atoms with Gasteiger partial charge in [-0.1, -0.05) is 18.1 Å². The molecule has 0 aliphatic carbocycles. The van der Waals surface area contributed by atoms with E-state index in [2.05, 4.69) is 10.9 Å². The Morgan fingerprint density at radius 3 is 2.72 bits per heavy atom. The molecule has 2 aromatic carbocycles. The first kappa shape index (κ1) is 23.0. The summed E-state index contributed by atoms with van der Waals surface area (Å²) in [6.07, 6.45) is 7.02. The lowest BCUT2D eigenvalue weighted by molar-refractivity contribution is -0.122. The fourth-order valence-electron chi connectivity index (χ4n) is 2.96. The lowest BCUT2D eigenvalue weighted by atomic mass is 10.2. The minimum atomic E-state index is -0.446. The predicted octanol–water partition coefficient (Wildman–Crippen LogP) is 4.12. The van der Waals surface area contributed by atoms with Gasteiger partial charge in [-0.3, -0.25) is 9.69 Å². The molecular formula is C24H22N2O5S. The van der Waals surface area contributed by atoms with Gasteiger partial charge in [-0.25, -0.2) is 9.79 Å². The van der Waals surface area contributed by atoms with Gasteiger partial charge in [0.2, 0.25) is 0 Å². The Labute approximate surface area is 191 Å². The minimum absolute atomic E-state index is 0.133. The Bertz CT molecular complexity index is 1130. The second-order valence-electron chi connectivity index (χ2n) is 6.50. The number of amidine groups is 1. The molecule has 0 bridgehead atoms. The molecule has 0 spiro atoms. The molecule has 32 heavy (non-hydrogen) atoms. The monoisotopic (exact) mass is 450 g/mol. The highest BCUT2D eigenvalue weighted by Gasteiger charge is 2.32. The van der Waals surface area contributed by atoms with Crippen molar-refractivity contribution in [2.24, 2.45) is 4.99 Å². The van der Waals surface area contributed by atoms with E-state index < -0.39 is 5.97 Å². The number of benzene rings is 2. The van der Waals surface area contributed by atoms with Crippen molar-refractivity contribution < 1.29 is 23.8 Å². The van der Waals surface area contributed by atoms with E-state index in [0.717, 1.165) is 5.56 Å². The maximum Gasteiger partial charge on any atom is 0.337 e. The van der Waals surface area contributed by atoms with Crippen molar-refractivity contribution in [3.05, 3.63) is 58.5 Å². The van der Waals surface area contributed by atoms with Gasteiger partial charge in [-0.15, -0.1) is 6.42 Å². The number of hydrogen-bond donors (Lipinski definition) is 0. The van der Waals surface area contributed by atoms with Crippen LogP contribution in [0.25, 0.3) is 6.08 Å². The highest BCUT2D eigenvalue weighted by Crippen LogP contribution is 2.35. The SMILES string of the molecule is C#CCOc1ccc(C=C2SC(=Nc3cccc(C(=O)OC)c3)N(CC)C2=O)cc1OC. The molecular weight excluding hydrogens is 428 g/mol. The van der Waals surface area contributed by atoms with E-state index in [1.54, 1.807) is 47.4 Å². The van der Waals surface area contributed by atoms with Crippen LogP contribution >= 0.6 is 11.8 Å². The topological polar surface area (TPSA) is 77.4 Å². The molecule has 1 fully saturated rings. The normalized spacial score (nSPS) is 15.7. The van der Waals surface area contributed by atoms with Gasteiger partial charge in [0, 0.05) is 6.54 Å². The zero-order valence-corrected chi connectivity index (χ0v) is 18.8. The van der Waals surface area contributed by atoms with Crippen LogP contribution in [0.15, 0.2) is 52.4 Å². The van der Waals surface area contributed by atoms with E-state index >= 15 is 0 Å². The number of thioether (sulfide) groups is 1. The summed E-state index contributed by atoms with van der Waals surface area (Å²) in [7, 11) is 2.86. The molecule has 0 unspecified atom stereocenters. The first-order valence-corrected chi connectivity index (χ1v) is 10.5. The van der Waals surface area contributed by atoms with Gasteiger partial charge in [0.1, 0.15) is 6.61 Å². The summed E-state index contributed by atoms with van der Waals surface area (Å²) in [5.74, 6) is 2.87. The van der Waals surface area contributed by atoms with Crippen molar-refractivity contribution in [1.29, 1.82) is 0 Å².